The topological polar surface area (TPSA) is 26.0 Å². The van der Waals surface area contributed by atoms with Gasteiger partial charge in [0.15, 0.2) is 0 Å². The Labute approximate surface area is 93.0 Å². The molecule has 1 aromatic carbocycles. The molecule has 0 fully saturated rings. The molecule has 1 nitrogen and oxygen atoms in total. The molecular formula is C14H21N. The molecule has 1 heteroatoms. The Balaban J connectivity index is 2.65. The van der Waals surface area contributed by atoms with E-state index >= 15 is 0 Å². The third kappa shape index (κ3) is 3.88. The molecule has 1 rings (SSSR count). The molecule has 0 unspecified atom stereocenters. The van der Waals surface area contributed by atoms with E-state index in [0.717, 1.165) is 25.8 Å². The summed E-state index contributed by atoms with van der Waals surface area (Å²) in [5.74, 6) is 0. The summed E-state index contributed by atoms with van der Waals surface area (Å²) < 4.78 is 0. The third-order valence-electron chi connectivity index (χ3n) is 2.68. The minimum absolute atomic E-state index is 0.776. The van der Waals surface area contributed by atoms with Crippen LogP contribution in [0.3, 0.4) is 0 Å². The van der Waals surface area contributed by atoms with Crippen molar-refractivity contribution in [3.63, 3.8) is 0 Å². The van der Waals surface area contributed by atoms with Gasteiger partial charge in [0.05, 0.1) is 0 Å². The van der Waals surface area contributed by atoms with Crippen LogP contribution in [0.25, 0.3) is 5.57 Å². The second kappa shape index (κ2) is 6.41. The number of unbranched alkanes of at least 4 members (excludes halogenated alkanes) is 1. The van der Waals surface area contributed by atoms with Crippen LogP contribution in [0.2, 0.25) is 0 Å². The van der Waals surface area contributed by atoms with Gasteiger partial charge in [-0.2, -0.15) is 0 Å². The largest absolute Gasteiger partial charge is 0.330 e. The summed E-state index contributed by atoms with van der Waals surface area (Å²) in [5.41, 5.74) is 9.54. The van der Waals surface area contributed by atoms with Gasteiger partial charge >= 0.3 is 0 Å². The van der Waals surface area contributed by atoms with Crippen molar-refractivity contribution in [1.29, 1.82) is 0 Å². The molecule has 0 aromatic heterocycles. The highest BCUT2D eigenvalue weighted by molar-refractivity contribution is 5.63. The molecule has 2 N–H and O–H groups in total. The number of aryl methyl sites for hydroxylation is 1. The maximum Gasteiger partial charge on any atom is -0.00743 e. The summed E-state index contributed by atoms with van der Waals surface area (Å²) in [4.78, 5) is 0. The van der Waals surface area contributed by atoms with Crippen LogP contribution in [0.15, 0.2) is 30.3 Å². The van der Waals surface area contributed by atoms with E-state index in [-0.39, 0.29) is 0 Å². The van der Waals surface area contributed by atoms with E-state index in [1.54, 1.807) is 0 Å². The van der Waals surface area contributed by atoms with Crippen LogP contribution < -0.4 is 5.73 Å². The van der Waals surface area contributed by atoms with Crippen molar-refractivity contribution in [3.8, 4) is 0 Å². The number of rotatable bonds is 5. The standard InChI is InChI=1S/C14H21N/c1-3-13-7-9-14(10-8-13)12(2)6-4-5-11-15/h6-10H,3-5,11,15H2,1-2H3/b12-6+. The Hall–Kier alpha value is -1.08. The monoisotopic (exact) mass is 203 g/mol. The molecule has 0 atom stereocenters. The van der Waals surface area contributed by atoms with Gasteiger partial charge in [0.1, 0.15) is 0 Å². The number of hydrogen-bond donors (Lipinski definition) is 1. The van der Waals surface area contributed by atoms with Crippen molar-refractivity contribution < 1.29 is 0 Å². The first-order valence-electron chi connectivity index (χ1n) is 5.74. The van der Waals surface area contributed by atoms with E-state index in [2.05, 4.69) is 44.2 Å². The summed E-state index contributed by atoms with van der Waals surface area (Å²) >= 11 is 0. The molecule has 0 spiro atoms. The fourth-order valence-corrected chi connectivity index (χ4v) is 1.56. The zero-order valence-electron chi connectivity index (χ0n) is 9.79. The molecule has 0 amide bonds. The average Bonchev–Trinajstić information content (AvgIpc) is 2.29. The van der Waals surface area contributed by atoms with E-state index in [0.29, 0.717) is 0 Å². The predicted octanol–water partition coefficient (Wildman–Crippen LogP) is 3.39. The summed E-state index contributed by atoms with van der Waals surface area (Å²) in [6.45, 7) is 5.12. The highest BCUT2D eigenvalue weighted by Gasteiger charge is 1.95. The van der Waals surface area contributed by atoms with Gasteiger partial charge in [0.25, 0.3) is 0 Å². The molecule has 1 aromatic rings. The van der Waals surface area contributed by atoms with Crippen LogP contribution in [0.5, 0.6) is 0 Å². The number of allylic oxidation sites excluding steroid dienone is 2. The van der Waals surface area contributed by atoms with Gasteiger partial charge in [-0.1, -0.05) is 37.3 Å². The van der Waals surface area contributed by atoms with Crippen molar-refractivity contribution in [2.75, 3.05) is 6.54 Å². The molecule has 15 heavy (non-hydrogen) atoms. The fraction of sp³-hybridized carbons (Fsp3) is 0.429. The summed E-state index contributed by atoms with van der Waals surface area (Å²) in [5, 5.41) is 0. The van der Waals surface area contributed by atoms with Crippen molar-refractivity contribution >= 4 is 5.57 Å². The predicted molar refractivity (Wildman–Crippen MR) is 67.8 cm³/mol. The number of hydrogen-bond acceptors (Lipinski definition) is 1. The Morgan fingerprint density at radius 2 is 1.93 bits per heavy atom. The lowest BCUT2D eigenvalue weighted by molar-refractivity contribution is 0.855. The van der Waals surface area contributed by atoms with Crippen molar-refractivity contribution in [2.45, 2.75) is 33.1 Å². The van der Waals surface area contributed by atoms with E-state index in [1.165, 1.54) is 16.7 Å². The molecule has 0 aliphatic heterocycles. The van der Waals surface area contributed by atoms with Crippen LogP contribution in [0, 0.1) is 0 Å². The van der Waals surface area contributed by atoms with Crippen molar-refractivity contribution in [2.24, 2.45) is 5.73 Å². The van der Waals surface area contributed by atoms with Crippen LogP contribution in [0.4, 0.5) is 0 Å². The molecule has 0 heterocycles. The lowest BCUT2D eigenvalue weighted by Gasteiger charge is -2.03. The van der Waals surface area contributed by atoms with Gasteiger partial charge in [-0.15, -0.1) is 0 Å². The zero-order chi connectivity index (χ0) is 11.1. The maximum atomic E-state index is 5.46. The van der Waals surface area contributed by atoms with Crippen LogP contribution in [-0.4, -0.2) is 6.54 Å². The van der Waals surface area contributed by atoms with Gasteiger partial charge < -0.3 is 5.73 Å². The maximum absolute atomic E-state index is 5.46. The van der Waals surface area contributed by atoms with Crippen molar-refractivity contribution in [1.82, 2.24) is 0 Å². The first-order chi connectivity index (χ1) is 7.27. The normalized spacial score (nSPS) is 11.8. The Morgan fingerprint density at radius 1 is 1.27 bits per heavy atom. The molecule has 0 saturated heterocycles. The second-order valence-electron chi connectivity index (χ2n) is 3.87. The molecule has 0 aliphatic carbocycles. The summed E-state index contributed by atoms with van der Waals surface area (Å²) in [6.07, 6.45) is 5.53. The average molecular weight is 203 g/mol. The number of nitrogens with two attached hydrogens (primary N) is 1. The minimum Gasteiger partial charge on any atom is -0.330 e. The number of benzene rings is 1. The van der Waals surface area contributed by atoms with Crippen LogP contribution in [-0.2, 0) is 6.42 Å². The van der Waals surface area contributed by atoms with E-state index in [9.17, 15) is 0 Å². The lowest BCUT2D eigenvalue weighted by atomic mass is 10.0. The van der Waals surface area contributed by atoms with Crippen LogP contribution >= 0.6 is 0 Å². The molecule has 0 radical (unpaired) electrons. The molecule has 82 valence electrons. The minimum atomic E-state index is 0.776. The van der Waals surface area contributed by atoms with Gasteiger partial charge in [-0.25, -0.2) is 0 Å². The molecule has 0 saturated carbocycles. The van der Waals surface area contributed by atoms with Crippen LogP contribution in [0.1, 0.15) is 37.8 Å². The third-order valence-corrected chi connectivity index (χ3v) is 2.68. The Morgan fingerprint density at radius 3 is 2.47 bits per heavy atom. The lowest BCUT2D eigenvalue weighted by Crippen LogP contribution is -1.96. The van der Waals surface area contributed by atoms with Gasteiger partial charge in [0, 0.05) is 0 Å². The molecule has 0 aliphatic rings. The van der Waals surface area contributed by atoms with E-state index < -0.39 is 0 Å². The Bertz CT molecular complexity index is 309. The SMILES string of the molecule is CCc1ccc(/C(C)=C/CCCN)cc1. The Kier molecular flexibility index (Phi) is 5.13. The van der Waals surface area contributed by atoms with Gasteiger partial charge in [-0.3, -0.25) is 0 Å². The van der Waals surface area contributed by atoms with E-state index in [4.69, 9.17) is 5.73 Å². The first-order valence-corrected chi connectivity index (χ1v) is 5.74. The molecule has 0 bridgehead atoms. The zero-order valence-corrected chi connectivity index (χ0v) is 9.79. The van der Waals surface area contributed by atoms with Crippen molar-refractivity contribution in [3.05, 3.63) is 41.5 Å². The van der Waals surface area contributed by atoms with Gasteiger partial charge in [-0.05, 0) is 49.4 Å². The fourth-order valence-electron chi connectivity index (χ4n) is 1.56. The second-order valence-corrected chi connectivity index (χ2v) is 3.87. The highest BCUT2D eigenvalue weighted by Crippen LogP contribution is 2.15. The highest BCUT2D eigenvalue weighted by atomic mass is 14.5. The smallest absolute Gasteiger partial charge is 0.00743 e. The quantitative estimate of drug-likeness (QED) is 0.729. The summed E-state index contributed by atoms with van der Waals surface area (Å²) in [6, 6.07) is 8.81. The van der Waals surface area contributed by atoms with Gasteiger partial charge in [0.2, 0.25) is 0 Å². The van der Waals surface area contributed by atoms with E-state index in [1.807, 2.05) is 0 Å². The first kappa shape index (κ1) is 12.0. The molecular weight excluding hydrogens is 182 g/mol. The summed E-state index contributed by atoms with van der Waals surface area (Å²) in [7, 11) is 0.